The van der Waals surface area contributed by atoms with Crippen LogP contribution in [-0.2, 0) is 27.5 Å². The first-order chi connectivity index (χ1) is 12.0. The zero-order valence-electron chi connectivity index (χ0n) is 15.6. The number of nitrogens with one attached hydrogen (secondary N) is 1. The number of carbonyl (C=O) groups excluding carboxylic acids is 2. The molecule has 25 heavy (non-hydrogen) atoms. The maximum Gasteiger partial charge on any atom is 0.243 e. The molecule has 1 heterocycles. The molecule has 5 nitrogen and oxygen atoms in total. The summed E-state index contributed by atoms with van der Waals surface area (Å²) >= 11 is 0. The quantitative estimate of drug-likeness (QED) is 0.787. The van der Waals surface area contributed by atoms with Crippen LogP contribution >= 0.6 is 0 Å². The van der Waals surface area contributed by atoms with Crippen LogP contribution in [0.1, 0.15) is 57.6 Å². The maximum absolute atomic E-state index is 12.6. The number of hydrogen-bond donors (Lipinski definition) is 1. The molecule has 2 amide bonds. The molecule has 1 saturated heterocycles. The molecule has 5 heteroatoms. The number of rotatable bonds is 8. The lowest BCUT2D eigenvalue weighted by Crippen LogP contribution is -2.45. The third kappa shape index (κ3) is 5.56. The standard InChI is InChI=1S/C20H30N2O3/c1-4-8-19(23)22-12-7-11-18(22)20(24)21-13-16-9-5-6-10-17(16)14-25-15(2)3/h5-6,9-10,15,18H,4,7-8,11-14H2,1-3H3,(H,21,24)/t18-/m0/s1. The normalized spacial score (nSPS) is 17.1. The van der Waals surface area contributed by atoms with E-state index in [2.05, 4.69) is 5.32 Å². The zero-order valence-corrected chi connectivity index (χ0v) is 15.6. The second-order valence-corrected chi connectivity index (χ2v) is 6.84. The molecule has 1 N–H and O–H groups in total. The SMILES string of the molecule is CCCC(=O)N1CCC[C@H]1C(=O)NCc1ccccc1COC(C)C. The number of ether oxygens (including phenoxy) is 1. The molecular weight excluding hydrogens is 316 g/mol. The lowest BCUT2D eigenvalue weighted by atomic mass is 10.1. The number of likely N-dealkylation sites (tertiary alicyclic amines) is 1. The number of carbonyl (C=O) groups is 2. The van der Waals surface area contributed by atoms with E-state index in [1.165, 1.54) is 0 Å². The maximum atomic E-state index is 12.6. The van der Waals surface area contributed by atoms with Crippen LogP contribution < -0.4 is 5.32 Å². The van der Waals surface area contributed by atoms with Crippen molar-refractivity contribution in [3.8, 4) is 0 Å². The van der Waals surface area contributed by atoms with E-state index < -0.39 is 0 Å². The third-order valence-electron chi connectivity index (χ3n) is 4.48. The summed E-state index contributed by atoms with van der Waals surface area (Å²) in [4.78, 5) is 26.5. The number of amides is 2. The van der Waals surface area contributed by atoms with Crippen molar-refractivity contribution < 1.29 is 14.3 Å². The number of nitrogens with zero attached hydrogens (tertiary/aromatic N) is 1. The Morgan fingerprint density at radius 3 is 2.68 bits per heavy atom. The fraction of sp³-hybridized carbons (Fsp3) is 0.600. The van der Waals surface area contributed by atoms with Gasteiger partial charge in [0.05, 0.1) is 12.7 Å². The molecule has 1 fully saturated rings. The second kappa shape index (κ2) is 9.56. The molecule has 0 saturated carbocycles. The van der Waals surface area contributed by atoms with E-state index in [1.54, 1.807) is 4.90 Å². The highest BCUT2D eigenvalue weighted by Crippen LogP contribution is 2.19. The molecule has 0 spiro atoms. The average molecular weight is 346 g/mol. The zero-order chi connectivity index (χ0) is 18.2. The number of hydrogen-bond acceptors (Lipinski definition) is 3. The summed E-state index contributed by atoms with van der Waals surface area (Å²) in [5.74, 6) is 0.0346. The van der Waals surface area contributed by atoms with Gasteiger partial charge < -0.3 is 15.0 Å². The molecular formula is C20H30N2O3. The number of benzene rings is 1. The van der Waals surface area contributed by atoms with Crippen molar-refractivity contribution in [3.05, 3.63) is 35.4 Å². The first-order valence-electron chi connectivity index (χ1n) is 9.28. The van der Waals surface area contributed by atoms with Gasteiger partial charge in [-0.25, -0.2) is 0 Å². The van der Waals surface area contributed by atoms with Gasteiger partial charge in [0.25, 0.3) is 0 Å². The summed E-state index contributed by atoms with van der Waals surface area (Å²) in [6.45, 7) is 7.69. The van der Waals surface area contributed by atoms with Crippen molar-refractivity contribution in [1.82, 2.24) is 10.2 Å². The Morgan fingerprint density at radius 1 is 1.28 bits per heavy atom. The molecule has 0 bridgehead atoms. The fourth-order valence-corrected chi connectivity index (χ4v) is 3.12. The van der Waals surface area contributed by atoms with Gasteiger partial charge in [0.2, 0.25) is 11.8 Å². The molecule has 0 unspecified atom stereocenters. The van der Waals surface area contributed by atoms with Gasteiger partial charge in [0.1, 0.15) is 6.04 Å². The highest BCUT2D eigenvalue weighted by atomic mass is 16.5. The molecule has 1 aliphatic heterocycles. The molecule has 0 radical (unpaired) electrons. The molecule has 2 rings (SSSR count). The van der Waals surface area contributed by atoms with Crippen LogP contribution in [0.2, 0.25) is 0 Å². The van der Waals surface area contributed by atoms with E-state index in [9.17, 15) is 9.59 Å². The minimum Gasteiger partial charge on any atom is -0.374 e. The topological polar surface area (TPSA) is 58.6 Å². The minimum atomic E-state index is -0.321. The van der Waals surface area contributed by atoms with Crippen LogP contribution in [0.3, 0.4) is 0 Å². The van der Waals surface area contributed by atoms with Crippen LogP contribution in [0.25, 0.3) is 0 Å². The predicted molar refractivity (Wildman–Crippen MR) is 97.9 cm³/mol. The summed E-state index contributed by atoms with van der Waals surface area (Å²) in [6, 6.07) is 7.65. The summed E-state index contributed by atoms with van der Waals surface area (Å²) in [5.41, 5.74) is 2.14. The molecule has 1 aromatic rings. The lowest BCUT2D eigenvalue weighted by molar-refractivity contribution is -0.138. The largest absolute Gasteiger partial charge is 0.374 e. The van der Waals surface area contributed by atoms with Gasteiger partial charge in [0.15, 0.2) is 0 Å². The molecule has 138 valence electrons. The first-order valence-corrected chi connectivity index (χ1v) is 9.28. The van der Waals surface area contributed by atoms with Crippen molar-refractivity contribution in [3.63, 3.8) is 0 Å². The van der Waals surface area contributed by atoms with Gasteiger partial charge in [-0.1, -0.05) is 31.2 Å². The van der Waals surface area contributed by atoms with Crippen molar-refractivity contribution in [2.45, 2.75) is 71.8 Å². The summed E-state index contributed by atoms with van der Waals surface area (Å²) in [7, 11) is 0. The summed E-state index contributed by atoms with van der Waals surface area (Å²) in [5, 5.41) is 3.01. The van der Waals surface area contributed by atoms with Crippen molar-refractivity contribution in [2.24, 2.45) is 0 Å². The van der Waals surface area contributed by atoms with E-state index in [0.29, 0.717) is 26.1 Å². The Balaban J connectivity index is 1.94. The second-order valence-electron chi connectivity index (χ2n) is 6.84. The summed E-state index contributed by atoms with van der Waals surface area (Å²) < 4.78 is 5.68. The van der Waals surface area contributed by atoms with Crippen molar-refractivity contribution in [1.29, 1.82) is 0 Å². The third-order valence-corrected chi connectivity index (χ3v) is 4.48. The van der Waals surface area contributed by atoms with E-state index >= 15 is 0 Å². The first kappa shape index (κ1) is 19.4. The van der Waals surface area contributed by atoms with Crippen LogP contribution in [-0.4, -0.2) is 35.4 Å². The highest BCUT2D eigenvalue weighted by molar-refractivity contribution is 5.88. The van der Waals surface area contributed by atoms with Gasteiger partial charge in [-0.15, -0.1) is 0 Å². The monoisotopic (exact) mass is 346 g/mol. The highest BCUT2D eigenvalue weighted by Gasteiger charge is 2.33. The Bertz CT molecular complexity index is 586. The van der Waals surface area contributed by atoms with E-state index in [1.807, 2.05) is 45.0 Å². The van der Waals surface area contributed by atoms with Gasteiger partial charge in [0, 0.05) is 19.5 Å². The van der Waals surface area contributed by atoms with Crippen LogP contribution in [0.5, 0.6) is 0 Å². The van der Waals surface area contributed by atoms with Crippen LogP contribution in [0.15, 0.2) is 24.3 Å². The lowest BCUT2D eigenvalue weighted by Gasteiger charge is -2.24. The van der Waals surface area contributed by atoms with Crippen LogP contribution in [0, 0.1) is 0 Å². The van der Waals surface area contributed by atoms with Gasteiger partial charge in [-0.3, -0.25) is 9.59 Å². The Labute approximate surface area is 150 Å². The van der Waals surface area contributed by atoms with Gasteiger partial charge in [-0.2, -0.15) is 0 Å². The van der Waals surface area contributed by atoms with E-state index in [0.717, 1.165) is 30.4 Å². The molecule has 0 aliphatic carbocycles. The predicted octanol–water partition coefficient (Wildman–Crippen LogP) is 3.02. The average Bonchev–Trinajstić information content (AvgIpc) is 3.08. The Kier molecular flexibility index (Phi) is 7.44. The van der Waals surface area contributed by atoms with Gasteiger partial charge >= 0.3 is 0 Å². The summed E-state index contributed by atoms with van der Waals surface area (Å²) in [6.07, 6.45) is 3.14. The van der Waals surface area contributed by atoms with Gasteiger partial charge in [-0.05, 0) is 44.2 Å². The Hall–Kier alpha value is -1.88. The molecule has 1 atom stereocenters. The van der Waals surface area contributed by atoms with Crippen molar-refractivity contribution >= 4 is 11.8 Å². The van der Waals surface area contributed by atoms with E-state index in [4.69, 9.17) is 4.74 Å². The molecule has 1 aromatic carbocycles. The smallest absolute Gasteiger partial charge is 0.243 e. The minimum absolute atomic E-state index is 0.0541. The Morgan fingerprint density at radius 2 is 2.00 bits per heavy atom. The van der Waals surface area contributed by atoms with Crippen LogP contribution in [0.4, 0.5) is 0 Å². The van der Waals surface area contributed by atoms with E-state index in [-0.39, 0.29) is 24.0 Å². The molecule has 1 aliphatic rings. The fourth-order valence-electron chi connectivity index (χ4n) is 3.12. The molecule has 0 aromatic heterocycles. The van der Waals surface area contributed by atoms with Crippen molar-refractivity contribution in [2.75, 3.05) is 6.54 Å².